The van der Waals surface area contributed by atoms with E-state index < -0.39 is 73.1 Å². The molecule has 0 heterocycles. The zero-order valence-corrected chi connectivity index (χ0v) is 16.3. The first-order valence-electron chi connectivity index (χ1n) is 9.03. The topological polar surface area (TPSA) is 257 Å². The van der Waals surface area contributed by atoms with E-state index in [9.17, 15) is 28.8 Å². The monoisotopic (exact) mass is 432 g/mol. The number of unbranched alkanes of at least 4 members (excludes halogenated alkanes) is 1. The molecule has 11 N–H and O–H groups in total. The first kappa shape index (κ1) is 26.7. The first-order chi connectivity index (χ1) is 14.0. The molecule has 0 aromatic heterocycles. The van der Waals surface area contributed by atoms with Crippen molar-refractivity contribution in [2.75, 3.05) is 13.1 Å². The molecule has 14 heteroatoms. The highest BCUT2D eigenvalue weighted by atomic mass is 16.4. The summed E-state index contributed by atoms with van der Waals surface area (Å²) in [5.41, 5.74) is 15.7. The first-order valence-corrected chi connectivity index (χ1v) is 9.03. The third-order valence-electron chi connectivity index (χ3n) is 3.77. The molecule has 30 heavy (non-hydrogen) atoms. The molecular formula is C16H28N6O8. The maximum Gasteiger partial charge on any atom is 0.326 e. The highest BCUT2D eigenvalue weighted by Crippen LogP contribution is 2.01. The number of carboxylic acids is 2. The summed E-state index contributed by atoms with van der Waals surface area (Å²) >= 11 is 0. The van der Waals surface area contributed by atoms with Gasteiger partial charge in [0, 0.05) is 0 Å². The van der Waals surface area contributed by atoms with Crippen LogP contribution in [0.3, 0.4) is 0 Å². The van der Waals surface area contributed by atoms with Gasteiger partial charge in [-0.2, -0.15) is 0 Å². The lowest BCUT2D eigenvalue weighted by Gasteiger charge is -2.19. The van der Waals surface area contributed by atoms with Crippen LogP contribution in [-0.2, 0) is 28.8 Å². The van der Waals surface area contributed by atoms with E-state index in [1.165, 1.54) is 0 Å². The molecule has 0 bridgehead atoms. The molecule has 0 aliphatic carbocycles. The number of primary amides is 1. The number of carbonyl (C=O) groups excluding carboxylic acids is 4. The fraction of sp³-hybridized carbons (Fsp3) is 0.625. The minimum absolute atomic E-state index is 0.147. The molecule has 3 atom stereocenters. The van der Waals surface area contributed by atoms with Crippen molar-refractivity contribution in [1.82, 2.24) is 16.0 Å². The Morgan fingerprint density at radius 2 is 1.50 bits per heavy atom. The van der Waals surface area contributed by atoms with Crippen LogP contribution in [0.25, 0.3) is 0 Å². The van der Waals surface area contributed by atoms with Crippen molar-refractivity contribution in [3.63, 3.8) is 0 Å². The smallest absolute Gasteiger partial charge is 0.326 e. The SMILES string of the molecule is NCCCCC(NC(=O)CNC(=O)C(CC(N)=O)NC(=O)C(N)CC(=O)O)C(=O)O. The maximum absolute atomic E-state index is 12.2. The summed E-state index contributed by atoms with van der Waals surface area (Å²) in [6.07, 6.45) is -0.137. The van der Waals surface area contributed by atoms with Gasteiger partial charge in [-0.3, -0.25) is 24.0 Å². The average Bonchev–Trinajstić information content (AvgIpc) is 2.63. The van der Waals surface area contributed by atoms with Gasteiger partial charge in [-0.1, -0.05) is 0 Å². The van der Waals surface area contributed by atoms with Crippen LogP contribution in [0.1, 0.15) is 32.1 Å². The third-order valence-corrected chi connectivity index (χ3v) is 3.77. The number of amides is 4. The lowest BCUT2D eigenvalue weighted by atomic mass is 10.1. The van der Waals surface area contributed by atoms with Gasteiger partial charge < -0.3 is 43.4 Å². The molecule has 3 unspecified atom stereocenters. The number of aliphatic carboxylic acids is 2. The molecule has 0 radical (unpaired) electrons. The second-order valence-corrected chi connectivity index (χ2v) is 6.40. The summed E-state index contributed by atoms with van der Waals surface area (Å²) in [5, 5.41) is 24.2. The molecule has 0 fully saturated rings. The zero-order valence-electron chi connectivity index (χ0n) is 16.3. The number of hydrogen-bond donors (Lipinski definition) is 8. The predicted octanol–water partition coefficient (Wildman–Crippen LogP) is -4.04. The summed E-state index contributed by atoms with van der Waals surface area (Å²) in [5.74, 6) is -6.32. The highest BCUT2D eigenvalue weighted by Gasteiger charge is 2.27. The Balaban J connectivity index is 4.81. The standard InChI is InChI=1S/C16H28N6O8/c17-4-2-1-3-9(16(29)30)21-12(24)7-20-15(28)10(6-11(19)23)22-14(27)8(18)5-13(25)26/h8-10H,1-7,17-18H2,(H2,19,23)(H,20,28)(H,21,24)(H,22,27)(H,25,26)(H,29,30). The number of hydrogen-bond acceptors (Lipinski definition) is 8. The molecule has 0 aromatic rings. The van der Waals surface area contributed by atoms with Gasteiger partial charge in [-0.25, -0.2) is 4.79 Å². The van der Waals surface area contributed by atoms with E-state index in [0.717, 1.165) is 0 Å². The number of nitrogens with two attached hydrogens (primary N) is 3. The van der Waals surface area contributed by atoms with Gasteiger partial charge in [-0.15, -0.1) is 0 Å². The van der Waals surface area contributed by atoms with E-state index in [-0.39, 0.29) is 6.42 Å². The van der Waals surface area contributed by atoms with Crippen LogP contribution in [-0.4, -0.2) is 77.0 Å². The van der Waals surface area contributed by atoms with Crippen LogP contribution < -0.4 is 33.2 Å². The number of carboxylic acid groups (broad SMARTS) is 2. The largest absolute Gasteiger partial charge is 0.481 e. The van der Waals surface area contributed by atoms with Gasteiger partial charge in [0.15, 0.2) is 0 Å². The summed E-state index contributed by atoms with van der Waals surface area (Å²) in [6.45, 7) is -0.259. The average molecular weight is 432 g/mol. The van der Waals surface area contributed by atoms with Gasteiger partial charge >= 0.3 is 11.9 Å². The highest BCUT2D eigenvalue weighted by molar-refractivity contribution is 5.95. The fourth-order valence-corrected chi connectivity index (χ4v) is 2.26. The molecule has 4 amide bonds. The molecule has 0 aliphatic rings. The molecule has 0 aromatic carbocycles. The third kappa shape index (κ3) is 11.6. The zero-order chi connectivity index (χ0) is 23.3. The lowest BCUT2D eigenvalue weighted by Crippen LogP contribution is -2.54. The summed E-state index contributed by atoms with van der Waals surface area (Å²) in [4.78, 5) is 68.9. The van der Waals surface area contributed by atoms with Crippen molar-refractivity contribution in [2.24, 2.45) is 17.2 Å². The van der Waals surface area contributed by atoms with Crippen LogP contribution in [0.15, 0.2) is 0 Å². The fourth-order valence-electron chi connectivity index (χ4n) is 2.26. The second-order valence-electron chi connectivity index (χ2n) is 6.40. The van der Waals surface area contributed by atoms with Gasteiger partial charge in [0.05, 0.1) is 25.4 Å². The quantitative estimate of drug-likeness (QED) is 0.116. The predicted molar refractivity (Wildman–Crippen MR) is 101 cm³/mol. The maximum atomic E-state index is 12.2. The molecule has 0 saturated heterocycles. The van der Waals surface area contributed by atoms with E-state index in [2.05, 4.69) is 16.0 Å². The Labute approximate surface area is 171 Å². The Morgan fingerprint density at radius 1 is 0.867 bits per heavy atom. The van der Waals surface area contributed by atoms with Crippen molar-refractivity contribution >= 4 is 35.6 Å². The molecule has 0 aliphatic heterocycles. The summed E-state index contributed by atoms with van der Waals surface area (Å²) in [6, 6.07) is -4.14. The van der Waals surface area contributed by atoms with Crippen molar-refractivity contribution < 1.29 is 39.0 Å². The summed E-state index contributed by atoms with van der Waals surface area (Å²) < 4.78 is 0. The van der Waals surface area contributed by atoms with Crippen LogP contribution in [0.2, 0.25) is 0 Å². The lowest BCUT2D eigenvalue weighted by molar-refractivity contribution is -0.142. The van der Waals surface area contributed by atoms with Crippen LogP contribution in [0, 0.1) is 0 Å². The van der Waals surface area contributed by atoms with Crippen molar-refractivity contribution in [2.45, 2.75) is 50.2 Å². The van der Waals surface area contributed by atoms with Gasteiger partial charge in [0.1, 0.15) is 12.1 Å². The van der Waals surface area contributed by atoms with Crippen molar-refractivity contribution in [3.8, 4) is 0 Å². The van der Waals surface area contributed by atoms with Crippen molar-refractivity contribution in [1.29, 1.82) is 0 Å². The number of carbonyl (C=O) groups is 6. The Hall–Kier alpha value is -3.26. The van der Waals surface area contributed by atoms with Gasteiger partial charge in [-0.05, 0) is 25.8 Å². The Bertz CT molecular complexity index is 656. The molecule has 0 saturated carbocycles. The van der Waals surface area contributed by atoms with E-state index in [1.54, 1.807) is 0 Å². The molecule has 170 valence electrons. The van der Waals surface area contributed by atoms with Crippen LogP contribution in [0.4, 0.5) is 0 Å². The molecule has 14 nitrogen and oxygen atoms in total. The van der Waals surface area contributed by atoms with E-state index in [0.29, 0.717) is 19.4 Å². The number of rotatable bonds is 15. The van der Waals surface area contributed by atoms with E-state index >= 15 is 0 Å². The molecule has 0 rings (SSSR count). The van der Waals surface area contributed by atoms with E-state index in [4.69, 9.17) is 27.4 Å². The Kier molecular flexibility index (Phi) is 12.3. The normalized spacial score (nSPS) is 13.4. The second kappa shape index (κ2) is 13.8. The van der Waals surface area contributed by atoms with E-state index in [1.807, 2.05) is 0 Å². The van der Waals surface area contributed by atoms with Crippen LogP contribution in [0.5, 0.6) is 0 Å². The van der Waals surface area contributed by atoms with Crippen LogP contribution >= 0.6 is 0 Å². The minimum atomic E-state index is -1.50. The Morgan fingerprint density at radius 3 is 2.00 bits per heavy atom. The summed E-state index contributed by atoms with van der Waals surface area (Å²) in [7, 11) is 0. The van der Waals surface area contributed by atoms with Gasteiger partial charge in [0.2, 0.25) is 23.6 Å². The minimum Gasteiger partial charge on any atom is -0.481 e. The molecule has 0 spiro atoms. The van der Waals surface area contributed by atoms with Crippen molar-refractivity contribution in [3.05, 3.63) is 0 Å². The van der Waals surface area contributed by atoms with Gasteiger partial charge in [0.25, 0.3) is 0 Å². The number of nitrogens with one attached hydrogen (secondary N) is 3. The molecular weight excluding hydrogens is 404 g/mol.